The van der Waals surface area contributed by atoms with Crippen molar-refractivity contribution >= 4 is 23.2 Å². The molecule has 0 aliphatic heterocycles. The molecular formula is C11H16N4O2. The Morgan fingerprint density at radius 2 is 2.06 bits per heavy atom. The van der Waals surface area contributed by atoms with Gasteiger partial charge in [0, 0.05) is 17.9 Å². The second-order valence-electron chi connectivity index (χ2n) is 3.48. The van der Waals surface area contributed by atoms with Crippen molar-refractivity contribution in [2.75, 3.05) is 24.1 Å². The van der Waals surface area contributed by atoms with E-state index in [2.05, 4.69) is 10.6 Å². The van der Waals surface area contributed by atoms with E-state index in [1.54, 1.807) is 12.1 Å². The summed E-state index contributed by atoms with van der Waals surface area (Å²) in [5, 5.41) is 5.46. The first-order valence-electron chi connectivity index (χ1n) is 5.24. The highest BCUT2D eigenvalue weighted by molar-refractivity contribution is 5.99. The van der Waals surface area contributed by atoms with Gasteiger partial charge in [-0.3, -0.25) is 9.59 Å². The van der Waals surface area contributed by atoms with Gasteiger partial charge in [0.1, 0.15) is 0 Å². The van der Waals surface area contributed by atoms with E-state index in [-0.39, 0.29) is 12.5 Å². The van der Waals surface area contributed by atoms with Crippen molar-refractivity contribution in [3.63, 3.8) is 0 Å². The van der Waals surface area contributed by atoms with Crippen LogP contribution < -0.4 is 22.1 Å². The van der Waals surface area contributed by atoms with E-state index in [9.17, 15) is 9.59 Å². The van der Waals surface area contributed by atoms with Gasteiger partial charge < -0.3 is 22.1 Å². The van der Waals surface area contributed by atoms with Gasteiger partial charge in [0.2, 0.25) is 5.91 Å². The molecule has 0 fully saturated rings. The van der Waals surface area contributed by atoms with Gasteiger partial charge in [0.05, 0.1) is 12.1 Å². The van der Waals surface area contributed by atoms with Crippen LogP contribution in [-0.2, 0) is 4.79 Å². The van der Waals surface area contributed by atoms with Gasteiger partial charge in [-0.1, -0.05) is 0 Å². The number of hydrogen-bond acceptors (Lipinski definition) is 4. The van der Waals surface area contributed by atoms with Gasteiger partial charge >= 0.3 is 0 Å². The number of carbonyl (C=O) groups excluding carboxylic acids is 2. The van der Waals surface area contributed by atoms with Crippen LogP contribution in [-0.4, -0.2) is 24.9 Å². The molecule has 0 unspecified atom stereocenters. The van der Waals surface area contributed by atoms with E-state index in [4.69, 9.17) is 11.5 Å². The number of nitrogens with one attached hydrogen (secondary N) is 2. The van der Waals surface area contributed by atoms with Gasteiger partial charge in [0.15, 0.2) is 0 Å². The molecule has 0 aliphatic rings. The molecule has 0 radical (unpaired) electrons. The van der Waals surface area contributed by atoms with E-state index in [1.807, 2.05) is 6.92 Å². The van der Waals surface area contributed by atoms with E-state index in [1.165, 1.54) is 6.07 Å². The third-order valence-corrected chi connectivity index (χ3v) is 2.12. The summed E-state index contributed by atoms with van der Waals surface area (Å²) in [6.45, 7) is 2.45. The number of primary amides is 1. The van der Waals surface area contributed by atoms with E-state index < -0.39 is 5.91 Å². The Morgan fingerprint density at radius 1 is 1.35 bits per heavy atom. The maximum atomic E-state index is 11.3. The third-order valence-electron chi connectivity index (χ3n) is 2.12. The van der Waals surface area contributed by atoms with Gasteiger partial charge in [-0.25, -0.2) is 0 Å². The minimum absolute atomic E-state index is 0.0670. The zero-order valence-electron chi connectivity index (χ0n) is 9.62. The Morgan fingerprint density at radius 3 is 2.65 bits per heavy atom. The average Bonchev–Trinajstić information content (AvgIpc) is 2.26. The summed E-state index contributed by atoms with van der Waals surface area (Å²) in [4.78, 5) is 22.4. The molecule has 1 aromatic carbocycles. The van der Waals surface area contributed by atoms with Crippen molar-refractivity contribution in [1.29, 1.82) is 0 Å². The van der Waals surface area contributed by atoms with Crippen LogP contribution in [0.5, 0.6) is 0 Å². The first-order chi connectivity index (χ1) is 8.04. The Hall–Kier alpha value is -2.24. The molecule has 1 rings (SSSR count). The van der Waals surface area contributed by atoms with Crippen LogP contribution in [0.4, 0.5) is 11.4 Å². The van der Waals surface area contributed by atoms with Crippen molar-refractivity contribution < 1.29 is 9.59 Å². The molecule has 0 atom stereocenters. The predicted molar refractivity (Wildman–Crippen MR) is 66.5 cm³/mol. The summed E-state index contributed by atoms with van der Waals surface area (Å²) in [6.07, 6.45) is 0. The molecule has 6 nitrogen and oxygen atoms in total. The largest absolute Gasteiger partial charge is 0.399 e. The Balaban J connectivity index is 2.78. The molecule has 2 amide bonds. The van der Waals surface area contributed by atoms with Crippen LogP contribution in [0.25, 0.3) is 0 Å². The standard InChI is InChI=1S/C11H16N4O2/c1-2-14-10(16)6-15-9-5-7(12)3-4-8(9)11(13)17/h3-5,15H,2,6,12H2,1H3,(H2,13,17)(H,14,16). The summed E-state index contributed by atoms with van der Waals surface area (Å²) < 4.78 is 0. The first kappa shape index (κ1) is 12.8. The normalized spacial score (nSPS) is 9.71. The molecule has 0 aromatic heterocycles. The molecule has 0 heterocycles. The second-order valence-corrected chi connectivity index (χ2v) is 3.48. The predicted octanol–water partition coefficient (Wildman–Crippen LogP) is -0.0843. The second kappa shape index (κ2) is 5.74. The lowest BCUT2D eigenvalue weighted by Gasteiger charge is -2.10. The number of benzene rings is 1. The smallest absolute Gasteiger partial charge is 0.250 e. The van der Waals surface area contributed by atoms with E-state index in [0.717, 1.165) is 0 Å². The molecule has 0 spiro atoms. The van der Waals surface area contributed by atoms with E-state index in [0.29, 0.717) is 23.5 Å². The lowest BCUT2D eigenvalue weighted by Crippen LogP contribution is -2.30. The van der Waals surface area contributed by atoms with Crippen molar-refractivity contribution in [1.82, 2.24) is 5.32 Å². The molecule has 92 valence electrons. The van der Waals surface area contributed by atoms with Crippen LogP contribution >= 0.6 is 0 Å². The van der Waals surface area contributed by atoms with Crippen LogP contribution in [0.15, 0.2) is 18.2 Å². The molecule has 1 aromatic rings. The Kier molecular flexibility index (Phi) is 4.33. The average molecular weight is 236 g/mol. The van der Waals surface area contributed by atoms with Crippen molar-refractivity contribution in [3.05, 3.63) is 23.8 Å². The topological polar surface area (TPSA) is 110 Å². The zero-order chi connectivity index (χ0) is 12.8. The molecule has 0 aliphatic carbocycles. The first-order valence-corrected chi connectivity index (χ1v) is 5.24. The van der Waals surface area contributed by atoms with Gasteiger partial charge in [-0.05, 0) is 25.1 Å². The minimum atomic E-state index is -0.566. The molecule has 17 heavy (non-hydrogen) atoms. The fourth-order valence-electron chi connectivity index (χ4n) is 1.36. The molecule has 6 N–H and O–H groups in total. The fraction of sp³-hybridized carbons (Fsp3) is 0.273. The summed E-state index contributed by atoms with van der Waals surface area (Å²) in [5.41, 5.74) is 12.1. The third kappa shape index (κ3) is 3.67. The molecule has 6 heteroatoms. The number of likely N-dealkylation sites (N-methyl/N-ethyl adjacent to an activating group) is 1. The number of hydrogen-bond donors (Lipinski definition) is 4. The molecule has 0 saturated carbocycles. The summed E-state index contributed by atoms with van der Waals surface area (Å²) in [7, 11) is 0. The quantitative estimate of drug-likeness (QED) is 0.536. The lowest BCUT2D eigenvalue weighted by molar-refractivity contribution is -0.119. The molecular weight excluding hydrogens is 220 g/mol. The molecule has 0 bridgehead atoms. The number of rotatable bonds is 5. The fourth-order valence-corrected chi connectivity index (χ4v) is 1.36. The van der Waals surface area contributed by atoms with Crippen molar-refractivity contribution in [3.8, 4) is 0 Å². The maximum absolute atomic E-state index is 11.3. The number of anilines is 2. The van der Waals surface area contributed by atoms with Crippen LogP contribution in [0.2, 0.25) is 0 Å². The highest BCUT2D eigenvalue weighted by Crippen LogP contribution is 2.18. The summed E-state index contributed by atoms with van der Waals surface area (Å²) in [6, 6.07) is 4.68. The van der Waals surface area contributed by atoms with Gasteiger partial charge in [0.25, 0.3) is 5.91 Å². The van der Waals surface area contributed by atoms with E-state index >= 15 is 0 Å². The summed E-state index contributed by atoms with van der Waals surface area (Å²) >= 11 is 0. The minimum Gasteiger partial charge on any atom is -0.399 e. The molecule has 0 saturated heterocycles. The van der Waals surface area contributed by atoms with Gasteiger partial charge in [-0.2, -0.15) is 0 Å². The Labute approximate surface area is 99.4 Å². The van der Waals surface area contributed by atoms with Crippen molar-refractivity contribution in [2.45, 2.75) is 6.92 Å². The number of nitrogens with two attached hydrogens (primary N) is 2. The number of carbonyl (C=O) groups is 2. The maximum Gasteiger partial charge on any atom is 0.250 e. The van der Waals surface area contributed by atoms with Crippen molar-refractivity contribution in [2.24, 2.45) is 5.73 Å². The lowest BCUT2D eigenvalue weighted by atomic mass is 10.1. The van der Waals surface area contributed by atoms with Crippen LogP contribution in [0, 0.1) is 0 Å². The van der Waals surface area contributed by atoms with Gasteiger partial charge in [-0.15, -0.1) is 0 Å². The number of nitrogen functional groups attached to an aromatic ring is 1. The SMILES string of the molecule is CCNC(=O)CNc1cc(N)ccc1C(N)=O. The number of amides is 2. The van der Waals surface area contributed by atoms with Crippen LogP contribution in [0.3, 0.4) is 0 Å². The monoisotopic (exact) mass is 236 g/mol. The Bertz CT molecular complexity index is 431. The summed E-state index contributed by atoms with van der Waals surface area (Å²) in [5.74, 6) is -0.728. The zero-order valence-corrected chi connectivity index (χ0v) is 9.62. The highest BCUT2D eigenvalue weighted by Gasteiger charge is 2.09. The van der Waals surface area contributed by atoms with Crippen LogP contribution in [0.1, 0.15) is 17.3 Å². The highest BCUT2D eigenvalue weighted by atomic mass is 16.2.